The molecule has 0 amide bonds. The van der Waals surface area contributed by atoms with Crippen molar-refractivity contribution in [2.45, 2.75) is 27.2 Å². The molecule has 3 rings (SSSR count). The minimum absolute atomic E-state index is 0.185. The van der Waals surface area contributed by atoms with Crippen LogP contribution in [0.25, 0.3) is 17.0 Å². The largest absolute Gasteiger partial charge is 0.461 e. The number of H-pyrrole nitrogens is 1. The van der Waals surface area contributed by atoms with Crippen LogP contribution in [0.4, 0.5) is 0 Å². The number of nitrogens with one attached hydrogen (secondary N) is 1. The first-order valence-electron chi connectivity index (χ1n) is 9.63. The van der Waals surface area contributed by atoms with Gasteiger partial charge in [0, 0.05) is 27.3 Å². The van der Waals surface area contributed by atoms with Crippen LogP contribution in [0.1, 0.15) is 41.0 Å². The molecule has 1 aromatic heterocycles. The lowest BCUT2D eigenvalue weighted by Gasteiger charge is -2.12. The van der Waals surface area contributed by atoms with Crippen molar-refractivity contribution in [1.29, 1.82) is 5.26 Å². The Morgan fingerprint density at radius 2 is 2.07 bits per heavy atom. The summed E-state index contributed by atoms with van der Waals surface area (Å²) in [5.41, 5.74) is 3.78. The Morgan fingerprint density at radius 1 is 1.30 bits per heavy atom. The highest BCUT2D eigenvalue weighted by Crippen LogP contribution is 2.31. The zero-order valence-electron chi connectivity index (χ0n) is 17.0. The van der Waals surface area contributed by atoms with Crippen LogP contribution in [0.15, 0.2) is 36.4 Å². The van der Waals surface area contributed by atoms with Gasteiger partial charge in [0.1, 0.15) is 13.5 Å². The van der Waals surface area contributed by atoms with Crippen molar-refractivity contribution in [3.05, 3.63) is 63.8 Å². The summed E-state index contributed by atoms with van der Waals surface area (Å²) in [6.45, 7) is 5.93. The minimum atomic E-state index is -2.59. The first kappa shape index (κ1) is 21.9. The predicted molar refractivity (Wildman–Crippen MR) is 123 cm³/mol. The van der Waals surface area contributed by atoms with E-state index in [2.05, 4.69) is 4.98 Å². The maximum atomic E-state index is 13.8. The molecule has 1 atom stereocenters. The molecule has 5 nitrogen and oxygen atoms in total. The number of aromatic nitrogens is 1. The van der Waals surface area contributed by atoms with E-state index in [-0.39, 0.29) is 12.3 Å². The smallest absolute Gasteiger partial charge is 0.355 e. The summed E-state index contributed by atoms with van der Waals surface area (Å²) in [5, 5.41) is 11.1. The summed E-state index contributed by atoms with van der Waals surface area (Å²) in [6.07, 6.45) is 3.92. The molecule has 154 valence electrons. The Bertz CT molecular complexity index is 1220. The molecule has 0 bridgehead atoms. The molecule has 0 radical (unpaired) electrons. The van der Waals surface area contributed by atoms with Gasteiger partial charge in [0.15, 0.2) is 0 Å². The Hall–Kier alpha value is -2.80. The van der Waals surface area contributed by atoms with Crippen molar-refractivity contribution in [1.82, 2.24) is 4.98 Å². The molecule has 0 saturated heterocycles. The normalized spacial score (nSPS) is 12.2. The third kappa shape index (κ3) is 4.21. The number of halogens is 1. The number of aryl methyl sites for hydroxylation is 1. The molecule has 30 heavy (non-hydrogen) atoms. The predicted octanol–water partition coefficient (Wildman–Crippen LogP) is 4.92. The summed E-state index contributed by atoms with van der Waals surface area (Å²) < 4.78 is 18.9. The third-order valence-electron chi connectivity index (χ3n) is 4.93. The summed E-state index contributed by atoms with van der Waals surface area (Å²) in [7, 11) is -2.59. The van der Waals surface area contributed by atoms with Crippen molar-refractivity contribution in [2.24, 2.45) is 0 Å². The van der Waals surface area contributed by atoms with Gasteiger partial charge in [0.05, 0.1) is 18.0 Å². The van der Waals surface area contributed by atoms with E-state index in [0.29, 0.717) is 26.5 Å². The number of ether oxygens (including phenoxy) is 1. The zero-order chi connectivity index (χ0) is 21.8. The van der Waals surface area contributed by atoms with Gasteiger partial charge >= 0.3 is 5.97 Å². The number of fused-ring (bicyclic) bond motifs is 1. The van der Waals surface area contributed by atoms with E-state index < -0.39 is 13.8 Å². The van der Waals surface area contributed by atoms with Crippen LogP contribution in [-0.2, 0) is 15.7 Å². The number of nitriles is 1. The van der Waals surface area contributed by atoms with Crippen LogP contribution >= 0.6 is 19.4 Å². The van der Waals surface area contributed by atoms with Crippen molar-refractivity contribution in [3.63, 3.8) is 0 Å². The van der Waals surface area contributed by atoms with Gasteiger partial charge in [-0.1, -0.05) is 18.5 Å². The minimum Gasteiger partial charge on any atom is -0.461 e. The number of nitrogens with zero attached hydrogens (tertiary/aromatic N) is 1. The van der Waals surface area contributed by atoms with Gasteiger partial charge in [0.25, 0.3) is 0 Å². The van der Waals surface area contributed by atoms with Gasteiger partial charge in [-0.05, 0) is 73.4 Å². The molecule has 0 spiro atoms. The first-order chi connectivity index (χ1) is 14.4. The molecular formula is C23H22ClN2O3P. The average molecular weight is 441 g/mol. The number of aromatic amines is 1. The number of hydrogen-bond donors (Lipinski definition) is 1. The summed E-state index contributed by atoms with van der Waals surface area (Å²) in [4.78, 5) is 15.6. The van der Waals surface area contributed by atoms with Gasteiger partial charge in [-0.2, -0.15) is 5.26 Å². The summed E-state index contributed by atoms with van der Waals surface area (Å²) in [5.74, 6) is -0.551. The van der Waals surface area contributed by atoms with Crippen LogP contribution in [0.5, 0.6) is 0 Å². The molecule has 1 unspecified atom stereocenters. The van der Waals surface area contributed by atoms with Crippen LogP contribution in [0.2, 0.25) is 5.02 Å². The summed E-state index contributed by atoms with van der Waals surface area (Å²) >= 11 is 6.18. The monoisotopic (exact) mass is 440 g/mol. The molecule has 0 aliphatic carbocycles. The Kier molecular flexibility index (Phi) is 6.82. The molecule has 0 aliphatic heterocycles. The highest BCUT2D eigenvalue weighted by Gasteiger charge is 2.25. The van der Waals surface area contributed by atoms with Crippen molar-refractivity contribution >= 4 is 53.0 Å². The summed E-state index contributed by atoms with van der Waals surface area (Å²) in [6, 6.07) is 10.9. The number of carbonyl (C=O) groups excluding carboxylic acids is 1. The Labute approximate surface area is 181 Å². The van der Waals surface area contributed by atoms with E-state index in [4.69, 9.17) is 21.6 Å². The van der Waals surface area contributed by atoms with E-state index in [1.807, 2.05) is 32.0 Å². The SMILES string of the molecule is CCOC(=O)c1[nH]c2ccc(Cl)cc2c1[PH](=O)c1cc(C)c(CC)c(C=CC#N)c1. The lowest BCUT2D eigenvalue weighted by atomic mass is 9.99. The topological polar surface area (TPSA) is 83.0 Å². The quantitative estimate of drug-likeness (QED) is 0.335. The molecule has 0 saturated carbocycles. The maximum Gasteiger partial charge on any atom is 0.355 e. The van der Waals surface area contributed by atoms with Crippen LogP contribution in [0.3, 0.4) is 0 Å². The Balaban J connectivity index is 2.24. The molecule has 1 N–H and O–H groups in total. The molecule has 0 aliphatic rings. The van der Waals surface area contributed by atoms with Gasteiger partial charge in [0.2, 0.25) is 0 Å². The molecule has 0 fully saturated rings. The van der Waals surface area contributed by atoms with E-state index in [1.54, 1.807) is 31.2 Å². The van der Waals surface area contributed by atoms with Crippen LogP contribution in [0, 0.1) is 18.3 Å². The highest BCUT2D eigenvalue weighted by atomic mass is 35.5. The number of hydrogen-bond acceptors (Lipinski definition) is 4. The number of allylic oxidation sites excluding steroid dienone is 1. The van der Waals surface area contributed by atoms with Crippen LogP contribution in [-0.4, -0.2) is 17.6 Å². The van der Waals surface area contributed by atoms with Gasteiger partial charge in [-0.25, -0.2) is 4.79 Å². The van der Waals surface area contributed by atoms with Crippen molar-refractivity contribution in [2.75, 3.05) is 6.61 Å². The number of carbonyl (C=O) groups is 1. The van der Waals surface area contributed by atoms with E-state index in [1.165, 1.54) is 6.08 Å². The first-order valence-corrected chi connectivity index (χ1v) is 11.4. The van der Waals surface area contributed by atoms with Gasteiger partial charge in [-0.3, -0.25) is 0 Å². The lowest BCUT2D eigenvalue weighted by Crippen LogP contribution is -2.17. The third-order valence-corrected chi connectivity index (χ3v) is 6.95. The zero-order valence-corrected chi connectivity index (χ0v) is 18.8. The van der Waals surface area contributed by atoms with Crippen LogP contribution < -0.4 is 10.6 Å². The fourth-order valence-electron chi connectivity index (χ4n) is 3.63. The molecular weight excluding hydrogens is 419 g/mol. The highest BCUT2D eigenvalue weighted by molar-refractivity contribution is 7.62. The van der Waals surface area contributed by atoms with Gasteiger partial charge < -0.3 is 14.3 Å². The maximum absolute atomic E-state index is 13.8. The standard InChI is InChI=1S/C23H22ClN2O3P/c1-4-18-14(3)11-17(12-15(18)7-6-10-25)30(28)22-19-13-16(24)8-9-20(19)26-21(22)23(27)29-5-2/h6-9,11-13,26,30H,4-5H2,1-3H3. The molecule has 1 heterocycles. The van der Waals surface area contributed by atoms with E-state index in [9.17, 15) is 9.36 Å². The van der Waals surface area contributed by atoms with E-state index in [0.717, 1.165) is 23.1 Å². The van der Waals surface area contributed by atoms with Crippen molar-refractivity contribution < 1.29 is 14.1 Å². The number of rotatable bonds is 6. The fraction of sp³-hybridized carbons (Fsp3) is 0.217. The second kappa shape index (κ2) is 9.34. The molecule has 2 aromatic carbocycles. The number of esters is 1. The van der Waals surface area contributed by atoms with E-state index >= 15 is 0 Å². The average Bonchev–Trinajstić information content (AvgIpc) is 3.10. The molecule has 7 heteroatoms. The van der Waals surface area contributed by atoms with Crippen molar-refractivity contribution in [3.8, 4) is 6.07 Å². The second-order valence-electron chi connectivity index (χ2n) is 6.79. The Morgan fingerprint density at radius 3 is 2.73 bits per heavy atom. The second-order valence-corrected chi connectivity index (χ2v) is 8.96. The fourth-order valence-corrected chi connectivity index (χ4v) is 5.57. The number of benzene rings is 2. The molecule has 3 aromatic rings. The van der Waals surface area contributed by atoms with Gasteiger partial charge in [-0.15, -0.1) is 0 Å². The lowest BCUT2D eigenvalue weighted by molar-refractivity contribution is 0.0522.